The van der Waals surface area contributed by atoms with Crippen LogP contribution in [0, 0.1) is 28.6 Å². The van der Waals surface area contributed by atoms with Gasteiger partial charge in [-0.3, -0.25) is 14.7 Å². The molecule has 0 radical (unpaired) electrons. The molecule has 1 aromatic heterocycles. The first-order valence-electron chi connectivity index (χ1n) is 15.2. The van der Waals surface area contributed by atoms with Gasteiger partial charge < -0.3 is 4.74 Å². The first kappa shape index (κ1) is 25.6. The molecular weight excluding hydrogens is 526 g/mol. The molecule has 210 valence electrons. The van der Waals surface area contributed by atoms with Crippen molar-refractivity contribution in [2.75, 3.05) is 7.11 Å². The summed E-state index contributed by atoms with van der Waals surface area (Å²) in [7, 11) is 1.72. The molecule has 1 unspecified atom stereocenters. The standard InChI is InChI=1S/C35H37N3O2S/c1-34-14-12-24(39)17-23(34)8-11-26-28(34)13-15-35(2)29(26)18-27-31(22-5-4-16-36-19-22)37-33-38(32(27)35)30(20-41-33)21-6-9-25(40-3)10-7-21/h4-7,9-10,16-17,19-20,26,28-29,31H,8,11-15,18H2,1-3H3/t26-,28+,29+,31?,34+,35+/m1/s1. The lowest BCUT2D eigenvalue weighted by Gasteiger charge is -2.58. The Morgan fingerprint density at radius 1 is 1.02 bits per heavy atom. The number of nitrogens with zero attached hydrogens (tertiary/aromatic N) is 3. The van der Waals surface area contributed by atoms with Gasteiger partial charge in [0.05, 0.1) is 12.8 Å². The SMILES string of the molecule is COc1ccc(C2=CSC3=NC(c4cccnc4)C4=C(N23)[C@@]2(C)CC[C@H]3[C@@H](CCC5=CC(=O)CC[C@@]53C)[C@@H]2C4)cc1. The van der Waals surface area contributed by atoms with Crippen molar-refractivity contribution in [3.63, 3.8) is 0 Å². The van der Waals surface area contributed by atoms with Crippen LogP contribution in [0.1, 0.15) is 76.0 Å². The van der Waals surface area contributed by atoms with Crippen LogP contribution in [-0.4, -0.2) is 27.9 Å². The fraction of sp³-hybridized carbons (Fsp3) is 0.457. The van der Waals surface area contributed by atoms with E-state index in [0.717, 1.165) is 30.2 Å². The Morgan fingerprint density at radius 3 is 2.66 bits per heavy atom. The second-order valence-corrected chi connectivity index (χ2v) is 14.1. The number of thioether (sulfide) groups is 1. The summed E-state index contributed by atoms with van der Waals surface area (Å²) in [5, 5.41) is 3.37. The second kappa shape index (κ2) is 9.19. The molecule has 0 bridgehead atoms. The number of carbonyl (C=O) groups is 1. The monoisotopic (exact) mass is 563 g/mol. The van der Waals surface area contributed by atoms with Gasteiger partial charge in [-0.05, 0) is 115 Å². The third-order valence-corrected chi connectivity index (χ3v) is 12.4. The van der Waals surface area contributed by atoms with Crippen LogP contribution < -0.4 is 4.74 Å². The highest BCUT2D eigenvalue weighted by atomic mass is 32.2. The zero-order valence-electron chi connectivity index (χ0n) is 24.1. The summed E-state index contributed by atoms with van der Waals surface area (Å²) in [5.41, 5.74) is 8.29. The number of fused-ring (bicyclic) bond motifs is 8. The van der Waals surface area contributed by atoms with Crippen molar-refractivity contribution >= 4 is 28.4 Å². The van der Waals surface area contributed by atoms with Crippen LogP contribution in [0.3, 0.4) is 0 Å². The van der Waals surface area contributed by atoms with Gasteiger partial charge in [0.2, 0.25) is 0 Å². The summed E-state index contributed by atoms with van der Waals surface area (Å²) in [5.74, 6) is 3.11. The molecule has 0 spiro atoms. The Bertz CT molecular complexity index is 1560. The Morgan fingerprint density at radius 2 is 1.88 bits per heavy atom. The molecule has 2 aromatic rings. The van der Waals surface area contributed by atoms with Crippen LogP contribution in [0.2, 0.25) is 0 Å². The van der Waals surface area contributed by atoms with Crippen LogP contribution in [-0.2, 0) is 4.79 Å². The molecule has 2 saturated carbocycles. The highest BCUT2D eigenvalue weighted by Crippen LogP contribution is 2.69. The molecule has 6 atom stereocenters. The summed E-state index contributed by atoms with van der Waals surface area (Å²) in [6.07, 6.45) is 13.4. The molecule has 6 heteroatoms. The van der Waals surface area contributed by atoms with E-state index in [9.17, 15) is 4.79 Å². The minimum atomic E-state index is 0.0175. The van der Waals surface area contributed by atoms with Crippen molar-refractivity contribution in [2.45, 2.75) is 64.8 Å². The fourth-order valence-electron chi connectivity index (χ4n) is 9.47. The summed E-state index contributed by atoms with van der Waals surface area (Å²) >= 11 is 1.75. The van der Waals surface area contributed by atoms with Crippen molar-refractivity contribution < 1.29 is 9.53 Å². The number of aromatic nitrogens is 1. The van der Waals surface area contributed by atoms with Gasteiger partial charge >= 0.3 is 0 Å². The Labute approximate surface area is 246 Å². The average Bonchev–Trinajstić information content (AvgIpc) is 3.56. The molecule has 8 rings (SSSR count). The van der Waals surface area contributed by atoms with Crippen LogP contribution in [0.25, 0.3) is 5.70 Å². The summed E-state index contributed by atoms with van der Waals surface area (Å²) in [4.78, 5) is 24.8. The van der Waals surface area contributed by atoms with Crippen molar-refractivity contribution in [1.29, 1.82) is 0 Å². The van der Waals surface area contributed by atoms with Gasteiger partial charge in [-0.15, -0.1) is 0 Å². The summed E-state index contributed by atoms with van der Waals surface area (Å²) < 4.78 is 5.46. The van der Waals surface area contributed by atoms with Crippen molar-refractivity contribution in [1.82, 2.24) is 9.88 Å². The number of methoxy groups -OCH3 is 1. The lowest BCUT2D eigenvalue weighted by atomic mass is 9.47. The van der Waals surface area contributed by atoms with Crippen LogP contribution in [0.5, 0.6) is 5.75 Å². The molecule has 2 aliphatic heterocycles. The van der Waals surface area contributed by atoms with Crippen molar-refractivity contribution in [3.05, 3.63) is 88.2 Å². The van der Waals surface area contributed by atoms with Gasteiger partial charge in [-0.1, -0.05) is 37.2 Å². The van der Waals surface area contributed by atoms with Gasteiger partial charge in [-0.2, -0.15) is 0 Å². The number of rotatable bonds is 3. The largest absolute Gasteiger partial charge is 0.497 e. The second-order valence-electron chi connectivity index (χ2n) is 13.3. The van der Waals surface area contributed by atoms with Gasteiger partial charge in [-0.25, -0.2) is 4.99 Å². The van der Waals surface area contributed by atoms with E-state index in [2.05, 4.69) is 59.5 Å². The van der Waals surface area contributed by atoms with E-state index < -0.39 is 0 Å². The third kappa shape index (κ3) is 3.65. The Hall–Kier alpha value is -3.12. The molecule has 2 fully saturated rings. The van der Waals surface area contributed by atoms with E-state index in [1.54, 1.807) is 18.9 Å². The lowest BCUT2D eigenvalue weighted by molar-refractivity contribution is -0.117. The molecule has 41 heavy (non-hydrogen) atoms. The van der Waals surface area contributed by atoms with Gasteiger partial charge in [0.15, 0.2) is 11.0 Å². The van der Waals surface area contributed by atoms with Crippen LogP contribution in [0.15, 0.2) is 82.1 Å². The van der Waals surface area contributed by atoms with Gasteiger partial charge in [0, 0.05) is 35.3 Å². The summed E-state index contributed by atoms with van der Waals surface area (Å²) in [6.45, 7) is 5.04. The smallest absolute Gasteiger partial charge is 0.173 e. The maximum absolute atomic E-state index is 12.4. The minimum absolute atomic E-state index is 0.0175. The van der Waals surface area contributed by atoms with Crippen molar-refractivity contribution in [3.8, 4) is 5.75 Å². The fourth-order valence-corrected chi connectivity index (χ4v) is 10.4. The molecular formula is C35H37N3O2S. The number of ketones is 1. The molecule has 6 aliphatic rings. The summed E-state index contributed by atoms with van der Waals surface area (Å²) in [6, 6.07) is 12.7. The molecule has 3 heterocycles. The average molecular weight is 564 g/mol. The van der Waals surface area contributed by atoms with Gasteiger partial charge in [0.1, 0.15) is 11.8 Å². The maximum Gasteiger partial charge on any atom is 0.173 e. The zero-order valence-corrected chi connectivity index (χ0v) is 24.9. The molecule has 0 amide bonds. The first-order valence-corrected chi connectivity index (χ1v) is 16.1. The molecule has 1 aromatic carbocycles. The number of aliphatic imine (C=N–C) groups is 1. The quantitative estimate of drug-likeness (QED) is 0.379. The molecule has 0 saturated heterocycles. The lowest BCUT2D eigenvalue weighted by Crippen LogP contribution is -2.51. The third-order valence-electron chi connectivity index (χ3n) is 11.5. The molecule has 0 N–H and O–H groups in total. The Balaban J connectivity index is 1.22. The van der Waals surface area contributed by atoms with Crippen molar-refractivity contribution in [2.24, 2.45) is 33.6 Å². The van der Waals surface area contributed by atoms with E-state index in [-0.39, 0.29) is 16.9 Å². The van der Waals surface area contributed by atoms with E-state index in [0.29, 0.717) is 30.0 Å². The molecule has 5 nitrogen and oxygen atoms in total. The first-order chi connectivity index (χ1) is 19.9. The number of hydrogen-bond donors (Lipinski definition) is 0. The van der Waals surface area contributed by atoms with Gasteiger partial charge in [0.25, 0.3) is 0 Å². The Kier molecular flexibility index (Phi) is 5.73. The topological polar surface area (TPSA) is 54.8 Å². The number of ether oxygens (including phenoxy) is 1. The number of pyridine rings is 1. The zero-order chi connectivity index (χ0) is 27.9. The number of benzene rings is 1. The van der Waals surface area contributed by atoms with E-state index >= 15 is 0 Å². The minimum Gasteiger partial charge on any atom is -0.497 e. The number of hydrogen-bond acceptors (Lipinski definition) is 6. The van der Waals surface area contributed by atoms with Crippen LogP contribution in [0.4, 0.5) is 0 Å². The highest BCUT2D eigenvalue weighted by molar-refractivity contribution is 8.16. The van der Waals surface area contributed by atoms with Crippen LogP contribution >= 0.6 is 11.8 Å². The number of amidine groups is 1. The number of allylic oxidation sites excluding steroid dienone is 3. The van der Waals surface area contributed by atoms with E-state index in [1.165, 1.54) is 52.9 Å². The maximum atomic E-state index is 12.4. The van der Waals surface area contributed by atoms with E-state index in [4.69, 9.17) is 9.73 Å². The number of carbonyl (C=O) groups excluding carboxylic acids is 1. The highest BCUT2D eigenvalue weighted by Gasteiger charge is 2.61. The predicted octanol–water partition coefficient (Wildman–Crippen LogP) is 7.94. The normalized spacial score (nSPS) is 35.4. The van der Waals surface area contributed by atoms with E-state index in [1.807, 2.05) is 24.5 Å². The predicted molar refractivity (Wildman–Crippen MR) is 164 cm³/mol. The molecule has 4 aliphatic carbocycles.